The molecule has 1 aromatic heterocycles. The monoisotopic (exact) mass is 197 g/mol. The maximum absolute atomic E-state index is 10.4. The summed E-state index contributed by atoms with van der Waals surface area (Å²) in [5.74, 6) is -3.17. The lowest BCUT2D eigenvalue weighted by molar-refractivity contribution is -0.159. The number of nitrogens with zero attached hydrogens (tertiary/aromatic N) is 1. The molecule has 0 fully saturated rings. The SMILES string of the molecule is O=C(O)C(Oc1ccccn1)C(=O)O. The van der Waals surface area contributed by atoms with Crippen LogP contribution in [0.1, 0.15) is 0 Å². The first-order chi connectivity index (χ1) is 6.61. The molecule has 0 saturated heterocycles. The Hall–Kier alpha value is -2.11. The minimum atomic E-state index is -1.93. The van der Waals surface area contributed by atoms with Gasteiger partial charge in [-0.2, -0.15) is 0 Å². The van der Waals surface area contributed by atoms with Crippen LogP contribution in [0.3, 0.4) is 0 Å². The van der Waals surface area contributed by atoms with Gasteiger partial charge in [-0.05, 0) is 6.07 Å². The minimum Gasteiger partial charge on any atom is -0.478 e. The summed E-state index contributed by atoms with van der Waals surface area (Å²) in [4.78, 5) is 24.5. The van der Waals surface area contributed by atoms with Crippen molar-refractivity contribution < 1.29 is 24.5 Å². The first-order valence-corrected chi connectivity index (χ1v) is 3.64. The van der Waals surface area contributed by atoms with Crippen molar-refractivity contribution in [3.8, 4) is 5.88 Å². The number of hydrogen-bond donors (Lipinski definition) is 2. The fourth-order valence-electron chi connectivity index (χ4n) is 0.744. The van der Waals surface area contributed by atoms with Crippen molar-refractivity contribution in [1.29, 1.82) is 0 Å². The summed E-state index contributed by atoms with van der Waals surface area (Å²) >= 11 is 0. The molecule has 0 aliphatic carbocycles. The summed E-state index contributed by atoms with van der Waals surface area (Å²) < 4.78 is 4.63. The number of rotatable bonds is 4. The molecule has 74 valence electrons. The van der Waals surface area contributed by atoms with Gasteiger partial charge in [0.2, 0.25) is 5.88 Å². The highest BCUT2D eigenvalue weighted by atomic mass is 16.5. The summed E-state index contributed by atoms with van der Waals surface area (Å²) in [7, 11) is 0. The molecule has 0 aromatic carbocycles. The van der Waals surface area contributed by atoms with E-state index < -0.39 is 18.0 Å². The number of carbonyl (C=O) groups is 2. The zero-order valence-corrected chi connectivity index (χ0v) is 6.95. The molecule has 6 nitrogen and oxygen atoms in total. The summed E-state index contributed by atoms with van der Waals surface area (Å²) in [5.41, 5.74) is 0. The van der Waals surface area contributed by atoms with E-state index in [0.29, 0.717) is 0 Å². The molecule has 1 rings (SSSR count). The van der Waals surface area contributed by atoms with Crippen LogP contribution in [0.15, 0.2) is 24.4 Å². The van der Waals surface area contributed by atoms with Crippen LogP contribution in [0.2, 0.25) is 0 Å². The number of ether oxygens (including phenoxy) is 1. The molecular weight excluding hydrogens is 190 g/mol. The third-order valence-electron chi connectivity index (χ3n) is 1.32. The topological polar surface area (TPSA) is 96.7 Å². The Labute approximate surface area is 78.8 Å². The van der Waals surface area contributed by atoms with Gasteiger partial charge in [-0.3, -0.25) is 0 Å². The second-order valence-electron chi connectivity index (χ2n) is 2.34. The van der Waals surface area contributed by atoms with Gasteiger partial charge in [0, 0.05) is 12.3 Å². The molecule has 0 aliphatic rings. The summed E-state index contributed by atoms with van der Waals surface area (Å²) in [6.07, 6.45) is -0.555. The van der Waals surface area contributed by atoms with Gasteiger partial charge in [0.25, 0.3) is 6.10 Å². The van der Waals surface area contributed by atoms with Gasteiger partial charge in [-0.1, -0.05) is 6.07 Å². The van der Waals surface area contributed by atoms with Gasteiger partial charge in [0.05, 0.1) is 0 Å². The van der Waals surface area contributed by atoms with Gasteiger partial charge in [-0.15, -0.1) is 0 Å². The van der Waals surface area contributed by atoms with Crippen LogP contribution >= 0.6 is 0 Å². The van der Waals surface area contributed by atoms with Crippen LogP contribution in [-0.2, 0) is 9.59 Å². The minimum absolute atomic E-state index is 0.0395. The van der Waals surface area contributed by atoms with Gasteiger partial charge >= 0.3 is 11.9 Å². The molecule has 14 heavy (non-hydrogen) atoms. The molecule has 0 spiro atoms. The number of aliphatic carboxylic acids is 2. The number of aromatic nitrogens is 1. The smallest absolute Gasteiger partial charge is 0.356 e. The Kier molecular flexibility index (Phi) is 3.01. The van der Waals surface area contributed by atoms with E-state index in [4.69, 9.17) is 10.2 Å². The normalized spacial score (nSPS) is 9.79. The Morgan fingerprint density at radius 2 is 1.93 bits per heavy atom. The first kappa shape index (κ1) is 9.97. The van der Waals surface area contributed by atoms with Crippen molar-refractivity contribution in [2.24, 2.45) is 0 Å². The molecular formula is C8H7NO5. The molecule has 1 aromatic rings. The average Bonchev–Trinajstić information content (AvgIpc) is 2.15. The van der Waals surface area contributed by atoms with E-state index in [1.165, 1.54) is 12.3 Å². The Balaban J connectivity index is 2.75. The van der Waals surface area contributed by atoms with Crippen molar-refractivity contribution in [2.75, 3.05) is 0 Å². The van der Waals surface area contributed by atoms with Gasteiger partial charge in [0.15, 0.2) is 0 Å². The zero-order chi connectivity index (χ0) is 10.6. The zero-order valence-electron chi connectivity index (χ0n) is 6.95. The standard InChI is InChI=1S/C8H7NO5/c10-7(11)6(8(12)13)14-5-3-1-2-4-9-5/h1-4,6H,(H,10,11)(H,12,13). The molecule has 0 bridgehead atoms. The second kappa shape index (κ2) is 4.22. The fourth-order valence-corrected chi connectivity index (χ4v) is 0.744. The Morgan fingerprint density at radius 1 is 1.29 bits per heavy atom. The maximum atomic E-state index is 10.4. The third-order valence-corrected chi connectivity index (χ3v) is 1.32. The summed E-state index contributed by atoms with van der Waals surface area (Å²) in [6, 6.07) is 4.53. The van der Waals surface area contributed by atoms with E-state index in [9.17, 15) is 9.59 Å². The lowest BCUT2D eigenvalue weighted by Gasteiger charge is -2.08. The highest BCUT2D eigenvalue weighted by Crippen LogP contribution is 2.06. The van der Waals surface area contributed by atoms with E-state index in [1.807, 2.05) is 0 Å². The van der Waals surface area contributed by atoms with E-state index in [0.717, 1.165) is 0 Å². The lowest BCUT2D eigenvalue weighted by Crippen LogP contribution is -2.35. The summed E-state index contributed by atoms with van der Waals surface area (Å²) in [5, 5.41) is 16.9. The first-order valence-electron chi connectivity index (χ1n) is 3.64. The molecule has 0 unspecified atom stereocenters. The maximum Gasteiger partial charge on any atom is 0.356 e. The number of carboxylic acids is 2. The van der Waals surface area contributed by atoms with Crippen LogP contribution in [0, 0.1) is 0 Å². The highest BCUT2D eigenvalue weighted by Gasteiger charge is 2.28. The molecule has 0 saturated carbocycles. The van der Waals surface area contributed by atoms with Crippen molar-refractivity contribution in [3.05, 3.63) is 24.4 Å². The summed E-state index contributed by atoms with van der Waals surface area (Å²) in [6.45, 7) is 0. The molecule has 6 heteroatoms. The number of hydrogen-bond acceptors (Lipinski definition) is 4. The van der Waals surface area contributed by atoms with Gasteiger partial charge < -0.3 is 14.9 Å². The Morgan fingerprint density at radius 3 is 2.36 bits per heavy atom. The quantitative estimate of drug-likeness (QED) is 0.659. The van der Waals surface area contributed by atoms with E-state index in [1.54, 1.807) is 12.1 Å². The predicted octanol–water partition coefficient (Wildman–Crippen LogP) is -0.00180. The van der Waals surface area contributed by atoms with E-state index in [2.05, 4.69) is 9.72 Å². The molecule has 0 amide bonds. The highest BCUT2D eigenvalue weighted by molar-refractivity contribution is 5.96. The van der Waals surface area contributed by atoms with Crippen LogP contribution in [0.5, 0.6) is 5.88 Å². The largest absolute Gasteiger partial charge is 0.478 e. The molecule has 0 aliphatic heterocycles. The molecule has 0 radical (unpaired) electrons. The lowest BCUT2D eigenvalue weighted by atomic mass is 10.3. The molecule has 0 atom stereocenters. The van der Waals surface area contributed by atoms with Crippen molar-refractivity contribution in [2.45, 2.75) is 6.10 Å². The van der Waals surface area contributed by atoms with Crippen LogP contribution in [0.4, 0.5) is 0 Å². The van der Waals surface area contributed by atoms with Crippen molar-refractivity contribution >= 4 is 11.9 Å². The predicted molar refractivity (Wildman–Crippen MR) is 43.9 cm³/mol. The number of pyridine rings is 1. The van der Waals surface area contributed by atoms with Gasteiger partial charge in [-0.25, -0.2) is 14.6 Å². The van der Waals surface area contributed by atoms with Crippen LogP contribution in [-0.4, -0.2) is 33.2 Å². The Bertz CT molecular complexity index is 323. The van der Waals surface area contributed by atoms with E-state index in [-0.39, 0.29) is 5.88 Å². The van der Waals surface area contributed by atoms with Crippen LogP contribution in [0.25, 0.3) is 0 Å². The van der Waals surface area contributed by atoms with Gasteiger partial charge in [0.1, 0.15) is 0 Å². The second-order valence-corrected chi connectivity index (χ2v) is 2.34. The number of carboxylic acid groups (broad SMARTS) is 2. The molecule has 2 N–H and O–H groups in total. The fraction of sp³-hybridized carbons (Fsp3) is 0.125. The van der Waals surface area contributed by atoms with Crippen LogP contribution < -0.4 is 4.74 Å². The molecule has 1 heterocycles. The van der Waals surface area contributed by atoms with Crippen molar-refractivity contribution in [1.82, 2.24) is 4.98 Å². The average molecular weight is 197 g/mol. The third kappa shape index (κ3) is 2.44. The van der Waals surface area contributed by atoms with Crippen molar-refractivity contribution in [3.63, 3.8) is 0 Å². The van der Waals surface area contributed by atoms with E-state index >= 15 is 0 Å².